The van der Waals surface area contributed by atoms with Gasteiger partial charge in [-0.05, 0) is 54.4 Å². The molecule has 1 aromatic heterocycles. The molecule has 140 valence electrons. The topological polar surface area (TPSA) is 33.2 Å². The molecule has 0 radical (unpaired) electrons. The highest BCUT2D eigenvalue weighted by molar-refractivity contribution is 7.22. The normalized spacial score (nSPS) is 11.0. The molecule has 0 fully saturated rings. The van der Waals surface area contributed by atoms with E-state index >= 15 is 0 Å². The third-order valence-electron chi connectivity index (χ3n) is 4.39. The van der Waals surface area contributed by atoms with Crippen molar-refractivity contribution in [2.24, 2.45) is 0 Å². The summed E-state index contributed by atoms with van der Waals surface area (Å²) in [5, 5.41) is 1.90. The molecule has 0 aliphatic rings. The van der Waals surface area contributed by atoms with Crippen LogP contribution in [0.1, 0.15) is 21.5 Å². The van der Waals surface area contributed by atoms with Gasteiger partial charge in [-0.1, -0.05) is 64.9 Å². The van der Waals surface area contributed by atoms with Crippen molar-refractivity contribution in [3.63, 3.8) is 0 Å². The highest BCUT2D eigenvalue weighted by Gasteiger charge is 2.22. The average molecular weight is 427 g/mol. The van der Waals surface area contributed by atoms with Crippen molar-refractivity contribution in [3.05, 3.63) is 93.5 Å². The van der Waals surface area contributed by atoms with Gasteiger partial charge in [-0.3, -0.25) is 9.69 Å². The van der Waals surface area contributed by atoms with Gasteiger partial charge in [0.2, 0.25) is 0 Å². The number of rotatable bonds is 4. The van der Waals surface area contributed by atoms with Gasteiger partial charge in [0.25, 0.3) is 5.91 Å². The Hall–Kier alpha value is -2.40. The minimum absolute atomic E-state index is 0.122. The molecule has 0 spiro atoms. The molecule has 3 nitrogen and oxygen atoms in total. The summed E-state index contributed by atoms with van der Waals surface area (Å²) in [6, 6.07) is 20.6. The number of carbonyl (C=O) groups excluding carboxylic acids is 1. The first-order valence-corrected chi connectivity index (χ1v) is 10.3. The van der Waals surface area contributed by atoms with Crippen LogP contribution in [0.2, 0.25) is 10.0 Å². The fraction of sp³-hybridized carbons (Fsp3) is 0.0909. The van der Waals surface area contributed by atoms with E-state index in [1.54, 1.807) is 29.2 Å². The Morgan fingerprint density at radius 3 is 2.43 bits per heavy atom. The van der Waals surface area contributed by atoms with Crippen LogP contribution < -0.4 is 4.90 Å². The summed E-state index contributed by atoms with van der Waals surface area (Å²) >= 11 is 13.6. The van der Waals surface area contributed by atoms with Crippen LogP contribution in [0, 0.1) is 6.92 Å². The van der Waals surface area contributed by atoms with Crippen LogP contribution in [-0.4, -0.2) is 10.9 Å². The predicted molar refractivity (Wildman–Crippen MR) is 118 cm³/mol. The molecule has 0 aliphatic carbocycles. The molecule has 0 aliphatic heterocycles. The molecule has 28 heavy (non-hydrogen) atoms. The van der Waals surface area contributed by atoms with Crippen molar-refractivity contribution in [2.75, 3.05) is 4.90 Å². The Morgan fingerprint density at radius 1 is 1.00 bits per heavy atom. The number of thiazole rings is 1. The van der Waals surface area contributed by atoms with Crippen LogP contribution in [0.3, 0.4) is 0 Å². The number of aryl methyl sites for hydroxylation is 1. The summed E-state index contributed by atoms with van der Waals surface area (Å²) in [6.07, 6.45) is 0. The monoisotopic (exact) mass is 426 g/mol. The van der Waals surface area contributed by atoms with Crippen LogP contribution in [0.4, 0.5) is 5.13 Å². The first-order valence-electron chi connectivity index (χ1n) is 8.69. The van der Waals surface area contributed by atoms with Gasteiger partial charge in [0, 0.05) is 15.6 Å². The largest absolute Gasteiger partial charge is 0.279 e. The van der Waals surface area contributed by atoms with E-state index in [1.807, 2.05) is 49.4 Å². The van der Waals surface area contributed by atoms with Crippen molar-refractivity contribution in [1.82, 2.24) is 4.98 Å². The van der Waals surface area contributed by atoms with Crippen molar-refractivity contribution in [3.8, 4) is 0 Å². The second-order valence-electron chi connectivity index (χ2n) is 6.45. The van der Waals surface area contributed by atoms with E-state index in [4.69, 9.17) is 28.2 Å². The van der Waals surface area contributed by atoms with Crippen LogP contribution in [0.15, 0.2) is 66.7 Å². The van der Waals surface area contributed by atoms with E-state index in [0.717, 1.165) is 21.3 Å². The number of amides is 1. The number of aromatic nitrogens is 1. The van der Waals surface area contributed by atoms with E-state index in [2.05, 4.69) is 0 Å². The number of nitrogens with zero attached hydrogens (tertiary/aromatic N) is 2. The second-order valence-corrected chi connectivity index (χ2v) is 8.33. The maximum atomic E-state index is 13.3. The molecule has 0 bridgehead atoms. The first kappa shape index (κ1) is 18.9. The fourth-order valence-corrected chi connectivity index (χ4v) is 4.54. The molecule has 1 amide bonds. The lowest BCUT2D eigenvalue weighted by molar-refractivity contribution is 0.0985. The number of fused-ring (bicyclic) bond motifs is 1. The summed E-state index contributed by atoms with van der Waals surface area (Å²) in [6.45, 7) is 2.40. The average Bonchev–Trinajstić information content (AvgIpc) is 3.11. The van der Waals surface area contributed by atoms with Gasteiger partial charge in [0.05, 0.1) is 16.8 Å². The van der Waals surface area contributed by atoms with Gasteiger partial charge in [0.1, 0.15) is 0 Å². The third-order valence-corrected chi connectivity index (χ3v) is 5.89. The molecule has 0 saturated carbocycles. The minimum Gasteiger partial charge on any atom is -0.279 e. The second kappa shape index (κ2) is 7.92. The van der Waals surface area contributed by atoms with Crippen LogP contribution in [0.5, 0.6) is 0 Å². The quantitative estimate of drug-likeness (QED) is 0.361. The summed E-state index contributed by atoms with van der Waals surface area (Å²) in [5.41, 5.74) is 3.45. The molecular formula is C22H16Cl2N2OS. The Labute approximate surface area is 177 Å². The van der Waals surface area contributed by atoms with Gasteiger partial charge < -0.3 is 0 Å². The lowest BCUT2D eigenvalue weighted by atomic mass is 10.1. The Morgan fingerprint density at radius 2 is 1.71 bits per heavy atom. The smallest absolute Gasteiger partial charge is 0.260 e. The van der Waals surface area contributed by atoms with Crippen molar-refractivity contribution in [2.45, 2.75) is 13.5 Å². The number of benzene rings is 3. The van der Waals surface area contributed by atoms with E-state index in [-0.39, 0.29) is 5.91 Å². The number of halogens is 2. The van der Waals surface area contributed by atoms with E-state index in [0.29, 0.717) is 27.3 Å². The predicted octanol–water partition coefficient (Wildman–Crippen LogP) is 6.76. The van der Waals surface area contributed by atoms with E-state index in [9.17, 15) is 4.79 Å². The molecule has 4 aromatic rings. The first-order chi connectivity index (χ1) is 13.5. The number of carbonyl (C=O) groups is 1. The third kappa shape index (κ3) is 3.90. The van der Waals surface area contributed by atoms with Crippen LogP contribution in [0.25, 0.3) is 10.2 Å². The number of anilines is 1. The highest BCUT2D eigenvalue weighted by atomic mass is 35.5. The molecule has 6 heteroatoms. The maximum Gasteiger partial charge on any atom is 0.260 e. The van der Waals surface area contributed by atoms with Gasteiger partial charge in [0.15, 0.2) is 5.13 Å². The van der Waals surface area contributed by atoms with Crippen LogP contribution in [-0.2, 0) is 6.54 Å². The van der Waals surface area contributed by atoms with Gasteiger partial charge in [-0.25, -0.2) is 4.98 Å². The summed E-state index contributed by atoms with van der Waals surface area (Å²) in [4.78, 5) is 19.8. The summed E-state index contributed by atoms with van der Waals surface area (Å²) in [5.74, 6) is -0.122. The zero-order valence-corrected chi connectivity index (χ0v) is 17.4. The molecule has 0 atom stereocenters. The molecular weight excluding hydrogens is 411 g/mol. The standard InChI is InChI=1S/C22H16Cl2N2OS/c1-14-11-18(24)12-19-20(14)25-22(28-19)26(13-15-5-3-2-4-6-15)21(27)16-7-9-17(23)10-8-16/h2-12H,13H2,1H3. The maximum absolute atomic E-state index is 13.3. The molecule has 4 rings (SSSR count). The SMILES string of the molecule is Cc1cc(Cl)cc2sc(N(Cc3ccccc3)C(=O)c3ccc(Cl)cc3)nc12. The number of hydrogen-bond acceptors (Lipinski definition) is 3. The van der Waals surface area contributed by atoms with Crippen molar-refractivity contribution < 1.29 is 4.79 Å². The van der Waals surface area contributed by atoms with Crippen LogP contribution >= 0.6 is 34.5 Å². The fourth-order valence-electron chi connectivity index (χ4n) is 3.00. The number of hydrogen-bond donors (Lipinski definition) is 0. The molecule has 0 saturated heterocycles. The summed E-state index contributed by atoms with van der Waals surface area (Å²) < 4.78 is 0.960. The zero-order chi connectivity index (χ0) is 19.7. The van der Waals surface area contributed by atoms with E-state index < -0.39 is 0 Å². The van der Waals surface area contributed by atoms with Crippen molar-refractivity contribution in [1.29, 1.82) is 0 Å². The van der Waals surface area contributed by atoms with Gasteiger partial charge in [-0.2, -0.15) is 0 Å². The lowest BCUT2D eigenvalue weighted by Crippen LogP contribution is -2.30. The van der Waals surface area contributed by atoms with Gasteiger partial charge >= 0.3 is 0 Å². The minimum atomic E-state index is -0.122. The Kier molecular flexibility index (Phi) is 5.36. The Balaban J connectivity index is 1.79. The molecule has 0 unspecified atom stereocenters. The van der Waals surface area contributed by atoms with Gasteiger partial charge in [-0.15, -0.1) is 0 Å². The highest BCUT2D eigenvalue weighted by Crippen LogP contribution is 2.34. The lowest BCUT2D eigenvalue weighted by Gasteiger charge is -2.20. The molecule has 1 heterocycles. The molecule has 3 aromatic carbocycles. The molecule has 0 N–H and O–H groups in total. The van der Waals surface area contributed by atoms with E-state index in [1.165, 1.54) is 11.3 Å². The Bertz CT molecular complexity index is 1140. The zero-order valence-electron chi connectivity index (χ0n) is 15.0. The summed E-state index contributed by atoms with van der Waals surface area (Å²) in [7, 11) is 0. The van der Waals surface area contributed by atoms with Crippen molar-refractivity contribution >= 4 is 55.8 Å².